The number of benzene rings is 2. The molecule has 0 spiro atoms. The molecule has 3 amide bonds. The standard InChI is InChI=1S/C20H15FN2O5/c21-14-8-6-13(7-9-14)16-10-11-17(28-16)19(25)27-12-18(24)23-20(26)22-15-4-2-1-3-5-15/h1-11H,12H2,(H2,22,23,24,26). The largest absolute Gasteiger partial charge is 0.450 e. The third-order valence-corrected chi connectivity index (χ3v) is 3.55. The molecule has 0 saturated heterocycles. The van der Waals surface area contributed by atoms with E-state index in [-0.39, 0.29) is 5.76 Å². The Morgan fingerprint density at radius 3 is 2.36 bits per heavy atom. The highest BCUT2D eigenvalue weighted by molar-refractivity contribution is 6.02. The average molecular weight is 382 g/mol. The molecule has 0 bridgehead atoms. The second-order valence-electron chi connectivity index (χ2n) is 5.62. The molecule has 8 heteroatoms. The van der Waals surface area contributed by atoms with Crippen LogP contribution in [0.15, 0.2) is 71.1 Å². The summed E-state index contributed by atoms with van der Waals surface area (Å²) in [5.74, 6) is -1.84. The van der Waals surface area contributed by atoms with Gasteiger partial charge in [0.05, 0.1) is 0 Å². The first-order chi connectivity index (χ1) is 13.5. The number of urea groups is 1. The van der Waals surface area contributed by atoms with Gasteiger partial charge in [-0.25, -0.2) is 14.0 Å². The SMILES string of the molecule is O=C(COC(=O)c1ccc(-c2ccc(F)cc2)o1)NC(=O)Nc1ccccc1. The first-order valence-electron chi connectivity index (χ1n) is 8.20. The van der Waals surface area contributed by atoms with Crippen molar-refractivity contribution in [3.05, 3.63) is 78.3 Å². The lowest BCUT2D eigenvalue weighted by Gasteiger charge is -2.06. The van der Waals surface area contributed by atoms with Crippen molar-refractivity contribution in [2.24, 2.45) is 0 Å². The number of ether oxygens (including phenoxy) is 1. The molecule has 0 radical (unpaired) electrons. The third-order valence-electron chi connectivity index (χ3n) is 3.55. The van der Waals surface area contributed by atoms with Crippen LogP contribution in [-0.4, -0.2) is 24.5 Å². The molecule has 3 rings (SSSR count). The maximum Gasteiger partial charge on any atom is 0.374 e. The maximum atomic E-state index is 13.0. The van der Waals surface area contributed by atoms with Gasteiger partial charge in [-0.15, -0.1) is 0 Å². The minimum absolute atomic E-state index is 0.124. The van der Waals surface area contributed by atoms with Crippen molar-refractivity contribution >= 4 is 23.6 Å². The summed E-state index contributed by atoms with van der Waals surface area (Å²) in [6.45, 7) is -0.659. The summed E-state index contributed by atoms with van der Waals surface area (Å²) in [5, 5.41) is 4.50. The van der Waals surface area contributed by atoms with Crippen molar-refractivity contribution in [3.8, 4) is 11.3 Å². The Labute approximate surface area is 159 Å². The number of para-hydroxylation sites is 1. The Kier molecular flexibility index (Phi) is 5.81. The number of furan rings is 1. The van der Waals surface area contributed by atoms with E-state index in [0.717, 1.165) is 0 Å². The van der Waals surface area contributed by atoms with Crippen LogP contribution in [0.25, 0.3) is 11.3 Å². The minimum Gasteiger partial charge on any atom is -0.450 e. The number of imide groups is 1. The van der Waals surface area contributed by atoms with Crippen molar-refractivity contribution in [3.63, 3.8) is 0 Å². The van der Waals surface area contributed by atoms with Crippen LogP contribution >= 0.6 is 0 Å². The van der Waals surface area contributed by atoms with Gasteiger partial charge in [-0.05, 0) is 48.5 Å². The molecule has 3 aromatic rings. The highest BCUT2D eigenvalue weighted by Gasteiger charge is 2.16. The number of carbonyl (C=O) groups is 3. The second-order valence-corrected chi connectivity index (χ2v) is 5.62. The van der Waals surface area contributed by atoms with Crippen LogP contribution in [0.1, 0.15) is 10.6 Å². The minimum atomic E-state index is -0.869. The zero-order valence-electron chi connectivity index (χ0n) is 14.5. The molecule has 1 heterocycles. The molecule has 0 aliphatic rings. The molecule has 0 aliphatic heterocycles. The number of amides is 3. The van der Waals surface area contributed by atoms with E-state index >= 15 is 0 Å². The van der Waals surface area contributed by atoms with E-state index in [1.807, 2.05) is 5.32 Å². The highest BCUT2D eigenvalue weighted by atomic mass is 19.1. The topological polar surface area (TPSA) is 97.6 Å². The molecule has 0 unspecified atom stereocenters. The van der Waals surface area contributed by atoms with E-state index in [2.05, 4.69) is 5.32 Å². The fourth-order valence-electron chi connectivity index (χ4n) is 2.27. The Morgan fingerprint density at radius 1 is 0.929 bits per heavy atom. The summed E-state index contributed by atoms with van der Waals surface area (Å²) in [7, 11) is 0. The summed E-state index contributed by atoms with van der Waals surface area (Å²) in [6, 6.07) is 16.2. The molecular weight excluding hydrogens is 367 g/mol. The smallest absolute Gasteiger partial charge is 0.374 e. The monoisotopic (exact) mass is 382 g/mol. The molecule has 0 aliphatic carbocycles. The van der Waals surface area contributed by atoms with Crippen LogP contribution in [0.3, 0.4) is 0 Å². The first-order valence-corrected chi connectivity index (χ1v) is 8.20. The van der Waals surface area contributed by atoms with Crippen molar-refractivity contribution in [1.29, 1.82) is 0 Å². The molecule has 2 N–H and O–H groups in total. The van der Waals surface area contributed by atoms with Gasteiger partial charge in [0.2, 0.25) is 5.76 Å². The van der Waals surface area contributed by atoms with Crippen LogP contribution in [0.4, 0.5) is 14.9 Å². The predicted molar refractivity (Wildman–Crippen MR) is 98.0 cm³/mol. The Balaban J connectivity index is 1.49. The Bertz CT molecular complexity index is 983. The van der Waals surface area contributed by atoms with Crippen LogP contribution < -0.4 is 10.6 Å². The summed E-state index contributed by atoms with van der Waals surface area (Å²) >= 11 is 0. The normalized spacial score (nSPS) is 10.2. The molecule has 142 valence electrons. The Morgan fingerprint density at radius 2 is 1.64 bits per heavy atom. The molecule has 0 saturated carbocycles. The van der Waals surface area contributed by atoms with Gasteiger partial charge >= 0.3 is 12.0 Å². The van der Waals surface area contributed by atoms with Gasteiger partial charge in [0.25, 0.3) is 5.91 Å². The lowest BCUT2D eigenvalue weighted by molar-refractivity contribution is -0.123. The summed E-state index contributed by atoms with van der Waals surface area (Å²) in [6.07, 6.45) is 0. The van der Waals surface area contributed by atoms with Gasteiger partial charge in [-0.1, -0.05) is 18.2 Å². The number of rotatable bonds is 5. The van der Waals surface area contributed by atoms with Crippen molar-refractivity contribution in [2.75, 3.05) is 11.9 Å². The summed E-state index contributed by atoms with van der Waals surface area (Å²) in [5.41, 5.74) is 1.09. The van der Waals surface area contributed by atoms with E-state index in [4.69, 9.17) is 9.15 Å². The fourth-order valence-corrected chi connectivity index (χ4v) is 2.27. The number of carbonyl (C=O) groups excluding carboxylic acids is 3. The fraction of sp³-hybridized carbons (Fsp3) is 0.0500. The molecule has 28 heavy (non-hydrogen) atoms. The first kappa shape index (κ1) is 18.8. The maximum absolute atomic E-state index is 13.0. The van der Waals surface area contributed by atoms with Gasteiger partial charge in [-0.3, -0.25) is 10.1 Å². The van der Waals surface area contributed by atoms with Gasteiger partial charge in [0, 0.05) is 11.3 Å². The van der Waals surface area contributed by atoms with E-state index < -0.39 is 30.3 Å². The van der Waals surface area contributed by atoms with Gasteiger partial charge < -0.3 is 14.5 Å². The summed E-state index contributed by atoms with van der Waals surface area (Å²) in [4.78, 5) is 35.4. The number of esters is 1. The van der Waals surface area contributed by atoms with E-state index in [1.54, 1.807) is 30.3 Å². The van der Waals surface area contributed by atoms with E-state index in [9.17, 15) is 18.8 Å². The molecule has 7 nitrogen and oxygen atoms in total. The summed E-state index contributed by atoms with van der Waals surface area (Å²) < 4.78 is 23.1. The molecule has 0 fully saturated rings. The highest BCUT2D eigenvalue weighted by Crippen LogP contribution is 2.22. The number of hydrogen-bond acceptors (Lipinski definition) is 5. The van der Waals surface area contributed by atoms with Crippen LogP contribution in [0.2, 0.25) is 0 Å². The lowest BCUT2D eigenvalue weighted by atomic mass is 10.2. The van der Waals surface area contributed by atoms with Crippen LogP contribution in [0.5, 0.6) is 0 Å². The van der Waals surface area contributed by atoms with E-state index in [0.29, 0.717) is 17.0 Å². The van der Waals surface area contributed by atoms with E-state index in [1.165, 1.54) is 36.4 Å². The predicted octanol–water partition coefficient (Wildman–Crippen LogP) is 3.59. The van der Waals surface area contributed by atoms with Crippen molar-refractivity contribution in [2.45, 2.75) is 0 Å². The molecular formula is C20H15FN2O5. The van der Waals surface area contributed by atoms with Gasteiger partial charge in [0.15, 0.2) is 6.61 Å². The quantitative estimate of drug-likeness (QED) is 0.657. The third kappa shape index (κ3) is 5.04. The molecule has 2 aromatic carbocycles. The number of halogens is 1. The van der Waals surface area contributed by atoms with Gasteiger partial charge in [-0.2, -0.15) is 0 Å². The average Bonchev–Trinajstić information content (AvgIpc) is 3.17. The molecule has 0 atom stereocenters. The second kappa shape index (κ2) is 8.63. The zero-order valence-corrected chi connectivity index (χ0v) is 14.5. The van der Waals surface area contributed by atoms with Crippen LogP contribution in [-0.2, 0) is 9.53 Å². The number of nitrogens with one attached hydrogen (secondary N) is 2. The van der Waals surface area contributed by atoms with Gasteiger partial charge in [0.1, 0.15) is 11.6 Å². The zero-order chi connectivity index (χ0) is 19.9. The van der Waals surface area contributed by atoms with Crippen molar-refractivity contribution in [1.82, 2.24) is 5.32 Å². The number of anilines is 1. The van der Waals surface area contributed by atoms with Crippen molar-refractivity contribution < 1.29 is 27.9 Å². The van der Waals surface area contributed by atoms with Crippen LogP contribution in [0, 0.1) is 5.82 Å². The lowest BCUT2D eigenvalue weighted by Crippen LogP contribution is -2.37. The molecule has 1 aromatic heterocycles. The number of hydrogen-bond donors (Lipinski definition) is 2. The Hall–Kier alpha value is -3.94.